The molecule has 0 bridgehead atoms. The van der Waals surface area contributed by atoms with Gasteiger partial charge in [0.15, 0.2) is 11.5 Å². The number of nitriles is 1. The normalized spacial score (nSPS) is 12.0. The molecule has 0 radical (unpaired) electrons. The molecule has 224 valence electrons. The zero-order chi connectivity index (χ0) is 30.8. The van der Waals surface area contributed by atoms with Crippen LogP contribution in [-0.2, 0) is 23.3 Å². The van der Waals surface area contributed by atoms with Crippen molar-refractivity contribution in [2.45, 2.75) is 57.4 Å². The molecule has 1 heterocycles. The van der Waals surface area contributed by atoms with Gasteiger partial charge < -0.3 is 19.6 Å². The summed E-state index contributed by atoms with van der Waals surface area (Å²) in [6, 6.07) is 23.0. The number of rotatable bonds is 11. The zero-order valence-corrected chi connectivity index (χ0v) is 25.4. The fraction of sp³-hybridized carbons (Fsp3) is 0.333. The van der Waals surface area contributed by atoms with Gasteiger partial charge in [-0.1, -0.05) is 48.5 Å². The van der Waals surface area contributed by atoms with Crippen LogP contribution in [0.2, 0.25) is 0 Å². The Morgan fingerprint density at radius 2 is 1.77 bits per heavy atom. The van der Waals surface area contributed by atoms with Gasteiger partial charge in [0, 0.05) is 30.5 Å². The Kier molecular flexibility index (Phi) is 10.7. The van der Waals surface area contributed by atoms with Gasteiger partial charge in [-0.15, -0.1) is 0 Å². The molecule has 0 aliphatic carbocycles. The summed E-state index contributed by atoms with van der Waals surface area (Å²) in [4.78, 5) is 32.5. The van der Waals surface area contributed by atoms with Crippen molar-refractivity contribution in [2.24, 2.45) is 0 Å². The molecule has 43 heavy (non-hydrogen) atoms. The summed E-state index contributed by atoms with van der Waals surface area (Å²) in [6.45, 7) is 5.35. The Balaban J connectivity index is 1.49. The number of para-hydroxylation sites is 3. The van der Waals surface area contributed by atoms with Crippen LogP contribution in [-0.4, -0.2) is 51.1 Å². The van der Waals surface area contributed by atoms with Crippen LogP contribution in [0.4, 0.5) is 9.59 Å². The molecule has 4 rings (SSSR count). The number of hydrogen-bond acceptors (Lipinski definition) is 8. The maximum absolute atomic E-state index is 13.6. The average Bonchev–Trinajstić information content (AvgIpc) is 3.38. The standard InChI is InChI=1S/C33H36N4O5S/c1-33(2,3)42-32(40)37(18-19-43-22-25-12-5-4-11-24(25)21-34)31(39)35-26(17-16-23-10-6-8-14-28(23)38)20-30-36-27-13-7-9-15-29(27)41-30/h4-15,26,38H,16-20,22H2,1-3H3,(H,35,39)/t26-/m1/s1. The number of hydrogen-bond donors (Lipinski definition) is 2. The first-order valence-corrected chi connectivity index (χ1v) is 15.3. The van der Waals surface area contributed by atoms with Crippen molar-refractivity contribution in [1.82, 2.24) is 15.2 Å². The molecule has 0 aliphatic rings. The highest BCUT2D eigenvalue weighted by atomic mass is 32.2. The smallest absolute Gasteiger partial charge is 0.418 e. The Morgan fingerprint density at radius 1 is 1.07 bits per heavy atom. The van der Waals surface area contributed by atoms with Gasteiger partial charge in [-0.05, 0) is 69.0 Å². The first-order valence-electron chi connectivity index (χ1n) is 14.1. The van der Waals surface area contributed by atoms with Crippen molar-refractivity contribution in [2.75, 3.05) is 12.3 Å². The number of ether oxygens (including phenoxy) is 1. The SMILES string of the molecule is CC(C)(C)OC(=O)N(CCSCc1ccccc1C#N)C(=O)N[C@H](CCc1ccccc1O)Cc1nc2ccccc2o1. The molecule has 1 atom stereocenters. The molecule has 0 fully saturated rings. The highest BCUT2D eigenvalue weighted by Crippen LogP contribution is 2.22. The van der Waals surface area contributed by atoms with E-state index in [4.69, 9.17) is 9.15 Å². The summed E-state index contributed by atoms with van der Waals surface area (Å²) in [5, 5.41) is 22.7. The molecule has 0 saturated heterocycles. The van der Waals surface area contributed by atoms with Crippen LogP contribution < -0.4 is 5.32 Å². The molecule has 3 amide bonds. The maximum atomic E-state index is 13.6. The van der Waals surface area contributed by atoms with Gasteiger partial charge in [0.25, 0.3) is 0 Å². The molecule has 10 heteroatoms. The maximum Gasteiger partial charge on any atom is 0.418 e. The molecule has 2 N–H and O–H groups in total. The minimum Gasteiger partial charge on any atom is -0.508 e. The van der Waals surface area contributed by atoms with E-state index < -0.39 is 23.8 Å². The van der Waals surface area contributed by atoms with Crippen molar-refractivity contribution < 1.29 is 23.8 Å². The number of oxazole rings is 1. The van der Waals surface area contributed by atoms with Crippen molar-refractivity contribution in [3.05, 3.63) is 95.4 Å². The molecular formula is C33H36N4O5S. The molecule has 0 aliphatic heterocycles. The van der Waals surface area contributed by atoms with Crippen LogP contribution in [0.25, 0.3) is 11.1 Å². The lowest BCUT2D eigenvalue weighted by molar-refractivity contribution is 0.0328. The summed E-state index contributed by atoms with van der Waals surface area (Å²) in [5.41, 5.74) is 2.81. The highest BCUT2D eigenvalue weighted by Gasteiger charge is 2.29. The van der Waals surface area contributed by atoms with Crippen LogP contribution >= 0.6 is 11.8 Å². The first-order chi connectivity index (χ1) is 20.6. The number of carbonyl (C=O) groups is 2. The lowest BCUT2D eigenvalue weighted by atomic mass is 10.0. The molecule has 4 aromatic rings. The highest BCUT2D eigenvalue weighted by molar-refractivity contribution is 7.98. The van der Waals surface area contributed by atoms with Gasteiger partial charge in [0.1, 0.15) is 16.9 Å². The monoisotopic (exact) mass is 600 g/mol. The molecule has 9 nitrogen and oxygen atoms in total. The van der Waals surface area contributed by atoms with Crippen molar-refractivity contribution in [1.29, 1.82) is 5.26 Å². The molecule has 0 unspecified atom stereocenters. The fourth-order valence-electron chi connectivity index (χ4n) is 4.43. The predicted molar refractivity (Wildman–Crippen MR) is 167 cm³/mol. The van der Waals surface area contributed by atoms with Crippen molar-refractivity contribution in [3.63, 3.8) is 0 Å². The van der Waals surface area contributed by atoms with E-state index in [1.54, 1.807) is 39.0 Å². The van der Waals surface area contributed by atoms with Crippen LogP contribution in [0.5, 0.6) is 5.75 Å². The lowest BCUT2D eigenvalue weighted by Gasteiger charge is -2.28. The third-order valence-electron chi connectivity index (χ3n) is 6.55. The molecule has 0 spiro atoms. The van der Waals surface area contributed by atoms with E-state index >= 15 is 0 Å². The number of aromatic hydroxyl groups is 1. The summed E-state index contributed by atoms with van der Waals surface area (Å²) in [7, 11) is 0. The van der Waals surface area contributed by atoms with Crippen LogP contribution in [0.3, 0.4) is 0 Å². The fourth-order valence-corrected chi connectivity index (χ4v) is 5.36. The number of nitrogens with zero attached hydrogens (tertiary/aromatic N) is 3. The van der Waals surface area contributed by atoms with E-state index in [0.29, 0.717) is 46.9 Å². The molecule has 3 aromatic carbocycles. The van der Waals surface area contributed by atoms with Crippen molar-refractivity contribution >= 4 is 35.0 Å². The number of nitrogens with one attached hydrogen (secondary N) is 1. The Morgan fingerprint density at radius 3 is 2.49 bits per heavy atom. The Bertz CT molecular complexity index is 1560. The predicted octanol–water partition coefficient (Wildman–Crippen LogP) is 6.83. The molecule has 1 aromatic heterocycles. The van der Waals surface area contributed by atoms with Gasteiger partial charge in [-0.2, -0.15) is 17.0 Å². The van der Waals surface area contributed by atoms with E-state index in [0.717, 1.165) is 16.0 Å². The average molecular weight is 601 g/mol. The zero-order valence-electron chi connectivity index (χ0n) is 24.6. The second-order valence-corrected chi connectivity index (χ2v) is 12.2. The number of fused-ring (bicyclic) bond motifs is 1. The second kappa shape index (κ2) is 14.6. The quantitative estimate of drug-likeness (QED) is 0.179. The van der Waals surface area contributed by atoms with E-state index in [1.165, 1.54) is 11.8 Å². The van der Waals surface area contributed by atoms with E-state index in [2.05, 4.69) is 16.4 Å². The molecular weight excluding hydrogens is 564 g/mol. The third kappa shape index (κ3) is 9.25. The summed E-state index contributed by atoms with van der Waals surface area (Å²) in [5.74, 6) is 1.65. The summed E-state index contributed by atoms with van der Waals surface area (Å²) >= 11 is 1.52. The third-order valence-corrected chi connectivity index (χ3v) is 7.54. The van der Waals surface area contributed by atoms with E-state index in [9.17, 15) is 20.0 Å². The number of phenolic OH excluding ortho intramolecular Hbond substituents is 1. The summed E-state index contributed by atoms with van der Waals surface area (Å²) < 4.78 is 11.5. The second-order valence-electron chi connectivity index (χ2n) is 11.0. The largest absolute Gasteiger partial charge is 0.508 e. The van der Waals surface area contributed by atoms with Gasteiger partial charge >= 0.3 is 12.1 Å². The number of benzene rings is 3. The van der Waals surface area contributed by atoms with Gasteiger partial charge in [-0.25, -0.2) is 19.5 Å². The minimum absolute atomic E-state index is 0.106. The van der Waals surface area contributed by atoms with E-state index in [1.807, 2.05) is 54.6 Å². The van der Waals surface area contributed by atoms with Gasteiger partial charge in [0.05, 0.1) is 11.6 Å². The van der Waals surface area contributed by atoms with Gasteiger partial charge in [-0.3, -0.25) is 0 Å². The number of carbonyl (C=O) groups excluding carboxylic acids is 2. The number of phenols is 1. The first kappa shape index (κ1) is 31.4. The topological polar surface area (TPSA) is 129 Å². The van der Waals surface area contributed by atoms with E-state index in [-0.39, 0.29) is 18.7 Å². The number of aromatic nitrogens is 1. The minimum atomic E-state index is -0.795. The van der Waals surface area contributed by atoms with Crippen molar-refractivity contribution in [3.8, 4) is 11.8 Å². The number of urea groups is 1. The number of imide groups is 1. The molecule has 0 saturated carbocycles. The number of thioether (sulfide) groups is 1. The Labute approximate surface area is 255 Å². The lowest BCUT2D eigenvalue weighted by Crippen LogP contribution is -2.50. The Hall–Kier alpha value is -4.49. The van der Waals surface area contributed by atoms with Crippen LogP contribution in [0.15, 0.2) is 77.2 Å². The van der Waals surface area contributed by atoms with Gasteiger partial charge in [0.2, 0.25) is 0 Å². The summed E-state index contributed by atoms with van der Waals surface area (Å²) in [6.07, 6.45) is 0.488. The number of amides is 3. The number of aryl methyl sites for hydroxylation is 1. The van der Waals surface area contributed by atoms with Crippen LogP contribution in [0, 0.1) is 11.3 Å². The van der Waals surface area contributed by atoms with Crippen LogP contribution in [0.1, 0.15) is 49.8 Å².